The van der Waals surface area contributed by atoms with Gasteiger partial charge in [-0.2, -0.15) is 0 Å². The summed E-state index contributed by atoms with van der Waals surface area (Å²) in [6.45, 7) is 0. The van der Waals surface area contributed by atoms with Crippen LogP contribution in [-0.4, -0.2) is 21.9 Å². The average molecular weight is 193 g/mol. The van der Waals surface area contributed by atoms with Gasteiger partial charge in [0.15, 0.2) is 5.84 Å². The minimum absolute atomic E-state index is 0.110. The molecule has 0 aliphatic rings. The van der Waals surface area contributed by atoms with Crippen molar-refractivity contribution in [3.63, 3.8) is 0 Å². The van der Waals surface area contributed by atoms with Crippen molar-refractivity contribution in [3.8, 4) is 0 Å². The van der Waals surface area contributed by atoms with Crippen LogP contribution in [0.4, 0.5) is 0 Å². The molecule has 1 heterocycles. The molecule has 0 aromatic carbocycles. The first-order valence-electron chi connectivity index (χ1n) is 3.55. The summed E-state index contributed by atoms with van der Waals surface area (Å²) in [7, 11) is 0. The number of nitrogens with two attached hydrogens (primary N) is 1. The lowest BCUT2D eigenvalue weighted by Crippen LogP contribution is -2.05. The molecule has 4 N–H and O–H groups in total. The van der Waals surface area contributed by atoms with Crippen LogP contribution in [0.2, 0.25) is 0 Å². The molecule has 0 fully saturated rings. The molecule has 0 radical (unpaired) electrons. The molecule has 0 bridgehead atoms. The summed E-state index contributed by atoms with van der Waals surface area (Å²) in [5, 5.41) is 22.0. The van der Waals surface area contributed by atoms with E-state index in [1.54, 1.807) is 0 Å². The van der Waals surface area contributed by atoms with Gasteiger partial charge in [0.2, 0.25) is 0 Å². The summed E-state index contributed by atoms with van der Waals surface area (Å²) in [5.41, 5.74) is -0.0430. The van der Waals surface area contributed by atoms with Crippen LogP contribution >= 0.6 is 0 Å². The van der Waals surface area contributed by atoms with Crippen LogP contribution in [0.5, 0.6) is 0 Å². The maximum Gasteiger partial charge on any atom is 0.354 e. The van der Waals surface area contributed by atoms with Gasteiger partial charge in [0.05, 0.1) is 0 Å². The second-order valence-corrected chi connectivity index (χ2v) is 2.28. The Morgan fingerprint density at radius 3 is 2.71 bits per heavy atom. The molecular formula is C7H7N5O2. The van der Waals surface area contributed by atoms with Gasteiger partial charge in [-0.15, -0.1) is 5.11 Å². The maximum absolute atomic E-state index is 10.5. The van der Waals surface area contributed by atoms with E-state index < -0.39 is 5.97 Å². The molecule has 0 saturated carbocycles. The minimum atomic E-state index is -1.16. The molecular weight excluding hydrogens is 186 g/mol. The Bertz CT molecular complexity index is 401. The molecule has 0 amide bonds. The van der Waals surface area contributed by atoms with Gasteiger partial charge in [-0.3, -0.25) is 5.41 Å². The number of nitrogens with one attached hydrogen (secondary N) is 1. The Morgan fingerprint density at radius 1 is 1.50 bits per heavy atom. The van der Waals surface area contributed by atoms with Gasteiger partial charge >= 0.3 is 5.97 Å². The van der Waals surface area contributed by atoms with E-state index in [1.165, 1.54) is 18.2 Å². The average Bonchev–Trinajstić information content (AvgIpc) is 2.18. The van der Waals surface area contributed by atoms with Crippen LogP contribution < -0.4 is 5.84 Å². The largest absolute Gasteiger partial charge is 0.477 e. The van der Waals surface area contributed by atoms with Gasteiger partial charge in [-0.1, -0.05) is 11.3 Å². The van der Waals surface area contributed by atoms with Crippen LogP contribution in [-0.2, 0) is 0 Å². The fraction of sp³-hybridized carbons (Fsp3) is 0. The summed E-state index contributed by atoms with van der Waals surface area (Å²) in [6.07, 6.45) is 0. The minimum Gasteiger partial charge on any atom is -0.477 e. The summed E-state index contributed by atoms with van der Waals surface area (Å²) in [4.78, 5) is 14.2. The number of nitrogens with zero attached hydrogens (tertiary/aromatic N) is 3. The summed E-state index contributed by atoms with van der Waals surface area (Å²) in [6, 6.07) is 4.23. The number of rotatable bonds is 2. The van der Waals surface area contributed by atoms with E-state index in [2.05, 4.69) is 15.3 Å². The molecule has 7 nitrogen and oxygen atoms in total. The van der Waals surface area contributed by atoms with Gasteiger partial charge in [0, 0.05) is 0 Å². The molecule has 0 unspecified atom stereocenters. The van der Waals surface area contributed by atoms with Crippen molar-refractivity contribution in [3.05, 3.63) is 29.6 Å². The van der Waals surface area contributed by atoms with Crippen LogP contribution in [0.15, 0.2) is 28.5 Å². The number of carboxylic acid groups (broad SMARTS) is 1. The van der Waals surface area contributed by atoms with Crippen molar-refractivity contribution in [2.75, 3.05) is 0 Å². The number of aromatic carboxylic acids is 1. The smallest absolute Gasteiger partial charge is 0.354 e. The third-order valence-electron chi connectivity index (χ3n) is 1.37. The second-order valence-electron chi connectivity index (χ2n) is 2.28. The predicted octanol–water partition coefficient (Wildman–Crippen LogP) is 0.431. The molecule has 0 saturated heterocycles. The van der Waals surface area contributed by atoms with E-state index in [-0.39, 0.29) is 17.2 Å². The number of hydrogen-bond donors (Lipinski definition) is 3. The summed E-state index contributed by atoms with van der Waals surface area (Å²) < 4.78 is 0. The van der Waals surface area contributed by atoms with Crippen molar-refractivity contribution in [2.45, 2.75) is 0 Å². The molecule has 0 spiro atoms. The quantitative estimate of drug-likeness (QED) is 0.207. The van der Waals surface area contributed by atoms with Gasteiger partial charge in [-0.25, -0.2) is 9.78 Å². The topological polar surface area (TPSA) is 125 Å². The molecule has 0 atom stereocenters. The highest BCUT2D eigenvalue weighted by molar-refractivity contribution is 5.96. The number of aromatic nitrogens is 1. The van der Waals surface area contributed by atoms with E-state index in [0.29, 0.717) is 0 Å². The third-order valence-corrected chi connectivity index (χ3v) is 1.37. The number of carboxylic acids is 1. The van der Waals surface area contributed by atoms with Gasteiger partial charge < -0.3 is 10.9 Å². The Morgan fingerprint density at radius 2 is 2.14 bits per heavy atom. The lowest BCUT2D eigenvalue weighted by Gasteiger charge is -1.97. The Balaban J connectivity index is 3.05. The SMILES string of the molecule is N=C(N=NN)c1cccc(C(=O)O)n1. The molecule has 1 aromatic heterocycles. The standard InChI is InChI=1S/C7H7N5O2/c8-6(11-12-9)4-2-1-3-5(10-4)7(13)14/h1-3H,(H,13,14)(H3,8,9,11). The van der Waals surface area contributed by atoms with Crippen molar-refractivity contribution in [2.24, 2.45) is 16.2 Å². The first-order valence-corrected chi connectivity index (χ1v) is 3.55. The number of pyridine rings is 1. The van der Waals surface area contributed by atoms with E-state index in [1.807, 2.05) is 0 Å². The molecule has 72 valence electrons. The Hall–Kier alpha value is -2.31. The summed E-state index contributed by atoms with van der Waals surface area (Å²) >= 11 is 0. The van der Waals surface area contributed by atoms with Crippen LogP contribution in [0.3, 0.4) is 0 Å². The first-order chi connectivity index (χ1) is 6.65. The Labute approximate surface area is 78.8 Å². The molecule has 1 aromatic rings. The van der Waals surface area contributed by atoms with Crippen LogP contribution in [0, 0.1) is 5.41 Å². The zero-order valence-corrected chi connectivity index (χ0v) is 7.01. The Kier molecular flexibility index (Phi) is 2.85. The number of amidine groups is 1. The van der Waals surface area contributed by atoms with Gasteiger partial charge in [0.1, 0.15) is 11.4 Å². The molecule has 14 heavy (non-hydrogen) atoms. The van der Waals surface area contributed by atoms with E-state index in [4.69, 9.17) is 16.4 Å². The lowest BCUT2D eigenvalue weighted by molar-refractivity contribution is 0.0690. The monoisotopic (exact) mass is 193 g/mol. The number of hydrogen-bond acceptors (Lipinski definition) is 4. The molecule has 0 aliphatic carbocycles. The van der Waals surface area contributed by atoms with Crippen LogP contribution in [0.1, 0.15) is 16.2 Å². The molecule has 1 rings (SSSR count). The highest BCUT2D eigenvalue weighted by Crippen LogP contribution is 2.01. The number of carbonyl (C=O) groups is 1. The fourth-order valence-electron chi connectivity index (χ4n) is 0.795. The van der Waals surface area contributed by atoms with Crippen LogP contribution in [0.25, 0.3) is 0 Å². The van der Waals surface area contributed by atoms with Crippen molar-refractivity contribution in [1.82, 2.24) is 4.98 Å². The fourth-order valence-corrected chi connectivity index (χ4v) is 0.795. The highest BCUT2D eigenvalue weighted by Gasteiger charge is 2.07. The van der Waals surface area contributed by atoms with Crippen molar-refractivity contribution >= 4 is 11.8 Å². The highest BCUT2D eigenvalue weighted by atomic mass is 16.4. The third kappa shape index (κ3) is 2.09. The van der Waals surface area contributed by atoms with Crippen molar-refractivity contribution in [1.29, 1.82) is 5.41 Å². The van der Waals surface area contributed by atoms with Gasteiger partial charge in [0.25, 0.3) is 0 Å². The first kappa shape index (κ1) is 9.78. The van der Waals surface area contributed by atoms with E-state index in [9.17, 15) is 4.79 Å². The van der Waals surface area contributed by atoms with E-state index in [0.717, 1.165) is 0 Å². The van der Waals surface area contributed by atoms with E-state index >= 15 is 0 Å². The lowest BCUT2D eigenvalue weighted by atomic mass is 10.3. The van der Waals surface area contributed by atoms with Crippen molar-refractivity contribution < 1.29 is 9.90 Å². The maximum atomic E-state index is 10.5. The predicted molar refractivity (Wildman–Crippen MR) is 47.1 cm³/mol. The zero-order chi connectivity index (χ0) is 10.6. The molecule has 0 aliphatic heterocycles. The zero-order valence-electron chi connectivity index (χ0n) is 7.01. The van der Waals surface area contributed by atoms with Gasteiger partial charge in [-0.05, 0) is 12.1 Å². The second kappa shape index (κ2) is 4.08. The normalized spacial score (nSPS) is 10.3. The molecule has 7 heteroatoms. The summed E-state index contributed by atoms with van der Waals surface area (Å²) in [5.74, 6) is 3.29.